The molecule has 2 N–H and O–H groups in total. The number of carboxylic acids is 1. The van der Waals surface area contributed by atoms with Crippen molar-refractivity contribution in [1.82, 2.24) is 0 Å². The van der Waals surface area contributed by atoms with Crippen LogP contribution >= 0.6 is 0 Å². The van der Waals surface area contributed by atoms with E-state index in [2.05, 4.69) is 17.4 Å². The van der Waals surface area contributed by atoms with Gasteiger partial charge in [-0.1, -0.05) is 31.2 Å². The van der Waals surface area contributed by atoms with Crippen LogP contribution in [0.2, 0.25) is 0 Å². The quantitative estimate of drug-likeness (QED) is 0.309. The minimum atomic E-state index is -3.08. The molecule has 0 spiro atoms. The molecule has 1 atom stereocenters. The van der Waals surface area contributed by atoms with E-state index in [0.29, 0.717) is 17.0 Å². The van der Waals surface area contributed by atoms with Crippen LogP contribution in [-0.2, 0) is 27.5 Å². The van der Waals surface area contributed by atoms with Crippen molar-refractivity contribution in [3.63, 3.8) is 0 Å². The molecular weight excluding hydrogens is 505 g/mol. The van der Waals surface area contributed by atoms with Crippen LogP contribution in [0, 0.1) is 19.7 Å². The van der Waals surface area contributed by atoms with Crippen LogP contribution in [0.5, 0.6) is 5.75 Å². The van der Waals surface area contributed by atoms with Crippen LogP contribution in [0.3, 0.4) is 0 Å². The lowest BCUT2D eigenvalue weighted by Crippen LogP contribution is -2.15. The number of carboxylic acid groups (broad SMARTS) is 1. The highest BCUT2D eigenvalue weighted by atomic mass is 32.2. The van der Waals surface area contributed by atoms with Crippen molar-refractivity contribution in [2.45, 2.75) is 52.5 Å². The molecule has 1 aliphatic carbocycles. The summed E-state index contributed by atoms with van der Waals surface area (Å²) in [6.45, 7) is 5.84. The molecule has 0 amide bonds. The molecule has 0 saturated carbocycles. The number of rotatable bonds is 11. The van der Waals surface area contributed by atoms with Gasteiger partial charge in [-0.15, -0.1) is 0 Å². The van der Waals surface area contributed by atoms with E-state index in [1.807, 2.05) is 32.0 Å². The first-order chi connectivity index (χ1) is 18.1. The molecule has 0 bridgehead atoms. The molecule has 38 heavy (non-hydrogen) atoms. The van der Waals surface area contributed by atoms with Gasteiger partial charge in [-0.25, -0.2) is 12.8 Å². The van der Waals surface area contributed by atoms with Crippen LogP contribution in [0.15, 0.2) is 48.5 Å². The van der Waals surface area contributed by atoms with Gasteiger partial charge in [0.2, 0.25) is 0 Å². The second-order valence-corrected chi connectivity index (χ2v) is 12.3. The van der Waals surface area contributed by atoms with Crippen LogP contribution < -0.4 is 10.1 Å². The predicted molar refractivity (Wildman–Crippen MR) is 148 cm³/mol. The molecule has 0 aromatic heterocycles. The van der Waals surface area contributed by atoms with Gasteiger partial charge in [0.1, 0.15) is 18.2 Å². The fourth-order valence-corrected chi connectivity index (χ4v) is 5.81. The predicted octanol–water partition coefficient (Wildman–Crippen LogP) is 6.04. The van der Waals surface area contributed by atoms with E-state index in [-0.39, 0.29) is 37.0 Å². The molecule has 0 fully saturated rings. The first-order valence-electron chi connectivity index (χ1n) is 12.9. The average molecular weight is 540 g/mol. The molecular formula is C30H34FNO5S. The molecule has 1 unspecified atom stereocenters. The van der Waals surface area contributed by atoms with Gasteiger partial charge in [-0.3, -0.25) is 4.79 Å². The Balaban J connectivity index is 1.53. The normalized spacial score (nSPS) is 14.8. The van der Waals surface area contributed by atoms with E-state index in [9.17, 15) is 17.6 Å². The lowest BCUT2D eigenvalue weighted by atomic mass is 9.90. The first kappa shape index (κ1) is 27.6. The molecule has 3 aromatic rings. The number of fused-ring (bicyclic) bond motifs is 1. The molecule has 6 nitrogen and oxygen atoms in total. The largest absolute Gasteiger partial charge is 0.493 e. The molecule has 202 valence electrons. The lowest BCUT2D eigenvalue weighted by molar-refractivity contribution is -0.136. The third-order valence-electron chi connectivity index (χ3n) is 7.15. The van der Waals surface area contributed by atoms with E-state index in [4.69, 9.17) is 9.84 Å². The number of hydrogen-bond acceptors (Lipinski definition) is 5. The molecule has 8 heteroatoms. The Morgan fingerprint density at radius 2 is 1.87 bits per heavy atom. The number of halogens is 1. The van der Waals surface area contributed by atoms with Crippen LogP contribution in [-0.4, -0.2) is 37.6 Å². The summed E-state index contributed by atoms with van der Waals surface area (Å²) in [5.41, 5.74) is 7.94. The Labute approximate surface area is 223 Å². The zero-order valence-corrected chi connectivity index (χ0v) is 22.8. The van der Waals surface area contributed by atoms with Gasteiger partial charge >= 0.3 is 5.97 Å². The van der Waals surface area contributed by atoms with Crippen LogP contribution in [0.1, 0.15) is 53.6 Å². The Kier molecular flexibility index (Phi) is 8.41. The standard InChI is InChI=1S/C30H34FNO5S/c1-4-38(35,36)15-14-37-23-16-19(2)30(20(3)17-23)26-7-5-6-25-24(26)11-12-28(25)32-22-10-8-21(27(31)18-22)9-13-29(33)34/h5-8,10,16-18,28,32H,4,9,11-15H2,1-3H3,(H,33,34). The number of carbonyl (C=O) groups is 1. The second kappa shape index (κ2) is 11.6. The molecule has 0 heterocycles. The fraction of sp³-hybridized carbons (Fsp3) is 0.367. The Morgan fingerprint density at radius 1 is 1.13 bits per heavy atom. The monoisotopic (exact) mass is 539 g/mol. The highest BCUT2D eigenvalue weighted by Gasteiger charge is 2.26. The van der Waals surface area contributed by atoms with Gasteiger partial charge in [-0.2, -0.15) is 0 Å². The van der Waals surface area contributed by atoms with Gasteiger partial charge in [0.15, 0.2) is 9.84 Å². The minimum absolute atomic E-state index is 0.00110. The summed E-state index contributed by atoms with van der Waals surface area (Å²) in [4.78, 5) is 10.8. The highest BCUT2D eigenvalue weighted by molar-refractivity contribution is 7.91. The van der Waals surface area contributed by atoms with Crippen molar-refractivity contribution in [3.8, 4) is 16.9 Å². The maximum Gasteiger partial charge on any atom is 0.303 e. The number of ether oxygens (including phenoxy) is 1. The number of nitrogens with one attached hydrogen (secondary N) is 1. The Morgan fingerprint density at radius 3 is 2.53 bits per heavy atom. The number of hydrogen-bond donors (Lipinski definition) is 2. The number of aliphatic carboxylic acids is 1. The summed E-state index contributed by atoms with van der Waals surface area (Å²) >= 11 is 0. The minimum Gasteiger partial charge on any atom is -0.493 e. The number of sulfone groups is 1. The Hall–Kier alpha value is -3.39. The van der Waals surface area contributed by atoms with Crippen molar-refractivity contribution in [1.29, 1.82) is 0 Å². The highest BCUT2D eigenvalue weighted by Crippen LogP contribution is 2.42. The van der Waals surface area contributed by atoms with Gasteiger partial charge in [0, 0.05) is 17.9 Å². The first-order valence-corrected chi connectivity index (χ1v) is 14.7. The van der Waals surface area contributed by atoms with Crippen LogP contribution in [0.25, 0.3) is 11.1 Å². The van der Waals surface area contributed by atoms with Crippen molar-refractivity contribution in [2.24, 2.45) is 0 Å². The van der Waals surface area contributed by atoms with Gasteiger partial charge in [0.05, 0.1) is 11.8 Å². The number of anilines is 1. The summed E-state index contributed by atoms with van der Waals surface area (Å²) in [6, 6.07) is 15.1. The zero-order valence-electron chi connectivity index (χ0n) is 22.0. The maximum atomic E-state index is 14.6. The summed E-state index contributed by atoms with van der Waals surface area (Å²) < 4.78 is 43.9. The lowest BCUT2D eigenvalue weighted by Gasteiger charge is -2.19. The van der Waals surface area contributed by atoms with Crippen LogP contribution in [0.4, 0.5) is 10.1 Å². The van der Waals surface area contributed by atoms with E-state index in [1.54, 1.807) is 19.1 Å². The Bertz CT molecular complexity index is 1430. The van der Waals surface area contributed by atoms with Gasteiger partial charge in [0.25, 0.3) is 0 Å². The molecule has 1 aliphatic rings. The van der Waals surface area contributed by atoms with Crippen molar-refractivity contribution in [3.05, 3.63) is 82.2 Å². The summed E-state index contributed by atoms with van der Waals surface area (Å²) in [5, 5.41) is 12.3. The second-order valence-electron chi connectivity index (χ2n) is 9.83. The maximum absolute atomic E-state index is 14.6. The van der Waals surface area contributed by atoms with Crippen molar-refractivity contribution < 1.29 is 27.4 Å². The van der Waals surface area contributed by atoms with E-state index in [0.717, 1.165) is 35.1 Å². The van der Waals surface area contributed by atoms with E-state index in [1.165, 1.54) is 17.2 Å². The molecule has 0 saturated heterocycles. The fourth-order valence-electron chi connectivity index (χ4n) is 5.18. The van der Waals surface area contributed by atoms with E-state index >= 15 is 0 Å². The number of benzene rings is 3. The third kappa shape index (κ3) is 6.35. The molecule has 3 aromatic carbocycles. The van der Waals surface area contributed by atoms with E-state index < -0.39 is 21.6 Å². The summed E-state index contributed by atoms with van der Waals surface area (Å²) in [7, 11) is -3.08. The smallest absolute Gasteiger partial charge is 0.303 e. The van der Waals surface area contributed by atoms with Crippen molar-refractivity contribution >= 4 is 21.5 Å². The average Bonchev–Trinajstić information content (AvgIpc) is 3.26. The summed E-state index contributed by atoms with van der Waals surface area (Å²) in [5.74, 6) is -0.575. The van der Waals surface area contributed by atoms with Gasteiger partial charge in [-0.05, 0) is 96.3 Å². The van der Waals surface area contributed by atoms with Gasteiger partial charge < -0.3 is 15.2 Å². The molecule has 0 radical (unpaired) electrons. The molecule has 4 rings (SSSR count). The SMILES string of the molecule is CCS(=O)(=O)CCOc1cc(C)c(-c2cccc3c2CCC3Nc2ccc(CCC(=O)O)c(F)c2)c(C)c1. The zero-order chi connectivity index (χ0) is 27.4. The van der Waals surface area contributed by atoms with Crippen molar-refractivity contribution in [2.75, 3.05) is 23.4 Å². The summed E-state index contributed by atoms with van der Waals surface area (Å²) in [6.07, 6.45) is 1.82. The topological polar surface area (TPSA) is 92.7 Å². The third-order valence-corrected chi connectivity index (χ3v) is 8.82. The molecule has 0 aliphatic heterocycles. The number of aryl methyl sites for hydroxylation is 3.